The Balaban J connectivity index is 1.83. The lowest BCUT2D eigenvalue weighted by Gasteiger charge is -2.27. The molecule has 1 fully saturated rings. The van der Waals surface area contributed by atoms with Crippen molar-refractivity contribution in [2.45, 2.75) is 13.3 Å². The van der Waals surface area contributed by atoms with E-state index in [-0.39, 0.29) is 17.0 Å². The Morgan fingerprint density at radius 2 is 1.93 bits per heavy atom. The second kappa shape index (κ2) is 8.44. The molecule has 0 aliphatic carbocycles. The molecule has 152 valence electrons. The van der Waals surface area contributed by atoms with Crippen LogP contribution < -0.4 is 0 Å². The van der Waals surface area contributed by atoms with Crippen LogP contribution >= 0.6 is 11.6 Å². The average Bonchev–Trinajstić information content (AvgIpc) is 3.30. The van der Waals surface area contributed by atoms with Crippen LogP contribution in [0.5, 0.6) is 0 Å². The Labute approximate surface area is 172 Å². The molecule has 3 heterocycles. The lowest BCUT2D eigenvalue weighted by atomic mass is 10.1. The molecule has 0 spiro atoms. The van der Waals surface area contributed by atoms with Crippen LogP contribution in [0.3, 0.4) is 0 Å². The molecule has 2 aromatic heterocycles. The molecule has 29 heavy (non-hydrogen) atoms. The average molecular weight is 418 g/mol. The monoisotopic (exact) mass is 417 g/mol. The van der Waals surface area contributed by atoms with E-state index >= 15 is 0 Å². The first-order valence-electron chi connectivity index (χ1n) is 8.88. The maximum Gasteiger partial charge on any atom is 0.338 e. The molecule has 0 radical (unpaired) electrons. The van der Waals surface area contributed by atoms with Gasteiger partial charge in [-0.15, -0.1) is 0 Å². The van der Waals surface area contributed by atoms with Gasteiger partial charge in [0.25, 0.3) is 11.8 Å². The number of nitrogens with zero attached hydrogens (tertiary/aromatic N) is 5. The molecule has 0 N–H and O–H groups in total. The Morgan fingerprint density at radius 1 is 1.21 bits per heavy atom. The predicted molar refractivity (Wildman–Crippen MR) is 105 cm³/mol. The number of aromatic nitrogens is 3. The molecule has 0 saturated carbocycles. The molecule has 1 aliphatic rings. The molecule has 1 aliphatic heterocycles. The normalized spacial score (nSPS) is 13.9. The number of halogens is 1. The highest BCUT2D eigenvalue weighted by Crippen LogP contribution is 2.22. The third-order valence-electron chi connectivity index (χ3n) is 4.57. The largest absolute Gasteiger partial charge is 0.465 e. The molecular weight excluding hydrogens is 398 g/mol. The van der Waals surface area contributed by atoms with Crippen molar-refractivity contribution in [1.82, 2.24) is 24.8 Å². The zero-order chi connectivity index (χ0) is 21.1. The number of pyridine rings is 1. The van der Waals surface area contributed by atoms with Gasteiger partial charge in [0.05, 0.1) is 23.9 Å². The summed E-state index contributed by atoms with van der Waals surface area (Å²) in [5.41, 5.74) is 1.50. The van der Waals surface area contributed by atoms with Gasteiger partial charge in [0, 0.05) is 44.2 Å². The summed E-state index contributed by atoms with van der Waals surface area (Å²) in [5, 5.41) is 7.27. The summed E-state index contributed by atoms with van der Waals surface area (Å²) < 4.78 is 6.24. The fourth-order valence-corrected chi connectivity index (χ4v) is 3.36. The van der Waals surface area contributed by atoms with Crippen LogP contribution in [0.2, 0.25) is 5.15 Å². The summed E-state index contributed by atoms with van der Waals surface area (Å²) >= 11 is 6.19. The number of esters is 1. The highest BCUT2D eigenvalue weighted by Gasteiger charge is 2.32. The van der Waals surface area contributed by atoms with Crippen molar-refractivity contribution < 1.29 is 19.1 Å². The first-order valence-corrected chi connectivity index (χ1v) is 9.25. The zero-order valence-corrected chi connectivity index (χ0v) is 17.0. The summed E-state index contributed by atoms with van der Waals surface area (Å²) in [6.45, 7) is 2.52. The summed E-state index contributed by atoms with van der Waals surface area (Å²) in [6, 6.07) is 1.41. The van der Waals surface area contributed by atoms with Gasteiger partial charge in [-0.1, -0.05) is 11.6 Å². The molecule has 1 saturated heterocycles. The number of carbonyl (C=O) groups excluding carboxylic acids is 3. The molecule has 2 amide bonds. The number of carbonyl (C=O) groups is 3. The number of amides is 2. The van der Waals surface area contributed by atoms with Crippen molar-refractivity contribution in [1.29, 1.82) is 0 Å². The van der Waals surface area contributed by atoms with Crippen molar-refractivity contribution in [2.24, 2.45) is 7.05 Å². The fraction of sp³-hybridized carbons (Fsp3) is 0.316. The molecule has 0 aromatic carbocycles. The van der Waals surface area contributed by atoms with Crippen LogP contribution in [0.25, 0.3) is 6.08 Å². The Morgan fingerprint density at radius 3 is 2.59 bits per heavy atom. The molecule has 10 heteroatoms. The minimum atomic E-state index is -0.644. The van der Waals surface area contributed by atoms with E-state index in [4.69, 9.17) is 16.3 Å². The van der Waals surface area contributed by atoms with Crippen LogP contribution in [0.1, 0.15) is 38.4 Å². The highest BCUT2D eigenvalue weighted by atomic mass is 35.5. The van der Waals surface area contributed by atoms with E-state index < -0.39 is 11.9 Å². The molecule has 0 atom stereocenters. The van der Waals surface area contributed by atoms with E-state index in [9.17, 15) is 14.4 Å². The molecule has 2 aromatic rings. The van der Waals surface area contributed by atoms with Crippen molar-refractivity contribution in [3.8, 4) is 0 Å². The van der Waals surface area contributed by atoms with Crippen molar-refractivity contribution in [2.75, 3.05) is 20.2 Å². The Hall–Kier alpha value is -3.20. The lowest BCUT2D eigenvalue weighted by molar-refractivity contribution is -0.134. The first-order chi connectivity index (χ1) is 13.8. The number of rotatable bonds is 4. The first kappa shape index (κ1) is 20.5. The van der Waals surface area contributed by atoms with E-state index in [0.717, 1.165) is 0 Å². The molecule has 0 unspecified atom stereocenters. The van der Waals surface area contributed by atoms with Gasteiger partial charge in [0.15, 0.2) is 0 Å². The van der Waals surface area contributed by atoms with Crippen LogP contribution in [-0.4, -0.2) is 62.8 Å². The quantitative estimate of drug-likeness (QED) is 0.556. The van der Waals surface area contributed by atoms with Crippen molar-refractivity contribution in [3.05, 3.63) is 52.1 Å². The van der Waals surface area contributed by atoms with E-state index in [1.807, 2.05) is 0 Å². The van der Waals surface area contributed by atoms with Gasteiger partial charge < -0.3 is 4.74 Å². The summed E-state index contributed by atoms with van der Waals surface area (Å²) in [7, 11) is 2.95. The Bertz CT molecular complexity index is 1000. The van der Waals surface area contributed by atoms with Gasteiger partial charge in [-0.25, -0.2) is 14.8 Å². The SMILES string of the molecule is COC(=O)c1ccncc1C(=O)N1CCCN1C(=O)C=Cc1c(C)nn(C)c1Cl. The maximum atomic E-state index is 13.0. The number of aryl methyl sites for hydroxylation is 2. The van der Waals surface area contributed by atoms with E-state index in [1.165, 1.54) is 46.3 Å². The minimum absolute atomic E-state index is 0.0779. The lowest BCUT2D eigenvalue weighted by Crippen LogP contribution is -2.44. The predicted octanol–water partition coefficient (Wildman–Crippen LogP) is 1.87. The molecule has 0 bridgehead atoms. The number of hydrogen-bond donors (Lipinski definition) is 0. The van der Waals surface area contributed by atoms with Crippen LogP contribution in [0, 0.1) is 6.92 Å². The Kier molecular flexibility index (Phi) is 5.97. The van der Waals surface area contributed by atoms with Gasteiger partial charge in [-0.3, -0.25) is 19.3 Å². The second-order valence-electron chi connectivity index (χ2n) is 6.40. The van der Waals surface area contributed by atoms with Gasteiger partial charge in [0.1, 0.15) is 5.15 Å². The maximum absolute atomic E-state index is 13.0. The van der Waals surface area contributed by atoms with Gasteiger partial charge in [-0.05, 0) is 25.5 Å². The van der Waals surface area contributed by atoms with E-state index in [1.54, 1.807) is 20.0 Å². The van der Waals surface area contributed by atoms with E-state index in [2.05, 4.69) is 10.1 Å². The van der Waals surface area contributed by atoms with E-state index in [0.29, 0.717) is 35.9 Å². The highest BCUT2D eigenvalue weighted by molar-refractivity contribution is 6.31. The van der Waals surface area contributed by atoms with Gasteiger partial charge in [-0.2, -0.15) is 5.10 Å². The molecular formula is C19H20ClN5O4. The topological polar surface area (TPSA) is 97.6 Å². The summed E-state index contributed by atoms with van der Waals surface area (Å²) in [4.78, 5) is 41.6. The van der Waals surface area contributed by atoms with Crippen LogP contribution in [0.15, 0.2) is 24.5 Å². The minimum Gasteiger partial charge on any atom is -0.465 e. The summed E-state index contributed by atoms with van der Waals surface area (Å²) in [6.07, 6.45) is 6.25. The smallest absolute Gasteiger partial charge is 0.338 e. The fourth-order valence-electron chi connectivity index (χ4n) is 3.12. The number of hydrazine groups is 1. The number of methoxy groups -OCH3 is 1. The van der Waals surface area contributed by atoms with Gasteiger partial charge >= 0.3 is 5.97 Å². The second-order valence-corrected chi connectivity index (χ2v) is 6.76. The number of hydrogen-bond acceptors (Lipinski definition) is 6. The van der Waals surface area contributed by atoms with Crippen LogP contribution in [-0.2, 0) is 16.6 Å². The summed E-state index contributed by atoms with van der Waals surface area (Å²) in [5.74, 6) is -1.51. The van der Waals surface area contributed by atoms with Gasteiger partial charge in [0.2, 0.25) is 0 Å². The number of ether oxygens (including phenoxy) is 1. The standard InChI is InChI=1S/C19H20ClN5O4/c1-12-13(17(20)23(2)22-12)5-6-16(26)24-9-4-10-25(24)18(27)15-11-21-8-7-14(15)19(28)29-3/h5-8,11H,4,9-10H2,1-3H3. The molecule has 3 rings (SSSR count). The molecule has 9 nitrogen and oxygen atoms in total. The third kappa shape index (κ3) is 4.00. The van der Waals surface area contributed by atoms with Crippen molar-refractivity contribution in [3.63, 3.8) is 0 Å². The van der Waals surface area contributed by atoms with Crippen LogP contribution in [0.4, 0.5) is 0 Å². The zero-order valence-electron chi connectivity index (χ0n) is 16.3. The third-order valence-corrected chi connectivity index (χ3v) is 5.01. The van der Waals surface area contributed by atoms with Crippen molar-refractivity contribution >= 4 is 35.5 Å².